The highest BCUT2D eigenvalue weighted by Crippen LogP contribution is 2.37. The molecule has 0 spiro atoms. The molecule has 0 fully saturated rings. The van der Waals surface area contributed by atoms with Gasteiger partial charge in [0, 0.05) is 25.2 Å². The summed E-state index contributed by atoms with van der Waals surface area (Å²) in [7, 11) is 4.04. The number of likely N-dealkylation sites (N-methyl/N-ethyl adjacent to an activating group) is 1. The van der Waals surface area contributed by atoms with Gasteiger partial charge in [-0.25, -0.2) is 4.39 Å². The summed E-state index contributed by atoms with van der Waals surface area (Å²) in [5, 5.41) is 3.15. The molecule has 0 bridgehead atoms. The fourth-order valence-electron chi connectivity index (χ4n) is 2.50. The molecule has 0 saturated heterocycles. The van der Waals surface area contributed by atoms with Gasteiger partial charge in [-0.3, -0.25) is 0 Å². The number of fused-ring (bicyclic) bond motifs is 1. The van der Waals surface area contributed by atoms with E-state index in [1.54, 1.807) is 12.1 Å². The van der Waals surface area contributed by atoms with E-state index in [2.05, 4.69) is 17.3 Å². The molecule has 2 nitrogen and oxygen atoms in total. The lowest BCUT2D eigenvalue weighted by Crippen LogP contribution is -2.16. The van der Waals surface area contributed by atoms with Gasteiger partial charge in [0.25, 0.3) is 0 Å². The molecular formula is C13H19FN2. The third kappa shape index (κ3) is 2.19. The number of rotatable bonds is 4. The Labute approximate surface area is 96.5 Å². The second-order valence-corrected chi connectivity index (χ2v) is 4.53. The average molecular weight is 222 g/mol. The highest BCUT2D eigenvalue weighted by atomic mass is 19.1. The summed E-state index contributed by atoms with van der Waals surface area (Å²) in [5.74, 6) is 0.372. The minimum Gasteiger partial charge on any atom is -0.374 e. The summed E-state index contributed by atoms with van der Waals surface area (Å²) in [5.41, 5.74) is 2.37. The first kappa shape index (κ1) is 11.4. The van der Waals surface area contributed by atoms with Gasteiger partial charge in [0.05, 0.1) is 0 Å². The maximum absolute atomic E-state index is 13.2. The van der Waals surface area contributed by atoms with Gasteiger partial charge in [-0.2, -0.15) is 0 Å². The zero-order valence-corrected chi connectivity index (χ0v) is 9.96. The number of hydrogen-bond donors (Lipinski definition) is 1. The standard InChI is InChI=1S/C13H19FN2/c1-15-7-3-4-10-9-16(2)13-6-5-11(14)8-12(10)13/h5-6,8,10,15H,3-4,7,9H2,1-2H3. The Morgan fingerprint density at radius 1 is 1.50 bits per heavy atom. The first-order chi connectivity index (χ1) is 7.72. The van der Waals surface area contributed by atoms with E-state index in [-0.39, 0.29) is 5.82 Å². The smallest absolute Gasteiger partial charge is 0.123 e. The molecule has 1 aliphatic rings. The number of benzene rings is 1. The van der Waals surface area contributed by atoms with Gasteiger partial charge < -0.3 is 10.2 Å². The molecule has 88 valence electrons. The van der Waals surface area contributed by atoms with E-state index in [1.807, 2.05) is 13.1 Å². The number of anilines is 1. The largest absolute Gasteiger partial charge is 0.374 e. The Balaban J connectivity index is 2.11. The summed E-state index contributed by atoms with van der Waals surface area (Å²) in [6, 6.07) is 5.14. The van der Waals surface area contributed by atoms with E-state index in [0.717, 1.165) is 25.9 Å². The summed E-state index contributed by atoms with van der Waals surface area (Å²) < 4.78 is 13.2. The van der Waals surface area contributed by atoms with Gasteiger partial charge in [-0.15, -0.1) is 0 Å². The molecule has 1 N–H and O–H groups in total. The van der Waals surface area contributed by atoms with Crippen LogP contribution in [0.1, 0.15) is 24.3 Å². The maximum Gasteiger partial charge on any atom is 0.123 e. The molecule has 1 unspecified atom stereocenters. The number of nitrogens with one attached hydrogen (secondary N) is 1. The van der Waals surface area contributed by atoms with Crippen LogP contribution in [0, 0.1) is 5.82 Å². The van der Waals surface area contributed by atoms with Crippen LogP contribution in [0.5, 0.6) is 0 Å². The Morgan fingerprint density at radius 2 is 2.31 bits per heavy atom. The molecule has 1 heterocycles. The minimum absolute atomic E-state index is 0.118. The third-order valence-electron chi connectivity index (χ3n) is 3.31. The van der Waals surface area contributed by atoms with E-state index in [1.165, 1.54) is 11.3 Å². The highest BCUT2D eigenvalue weighted by Gasteiger charge is 2.25. The van der Waals surface area contributed by atoms with Gasteiger partial charge in [0.2, 0.25) is 0 Å². The van der Waals surface area contributed by atoms with Gasteiger partial charge in [0.1, 0.15) is 5.82 Å². The zero-order valence-electron chi connectivity index (χ0n) is 9.96. The zero-order chi connectivity index (χ0) is 11.5. The van der Waals surface area contributed by atoms with Crippen molar-refractivity contribution in [3.05, 3.63) is 29.6 Å². The lowest BCUT2D eigenvalue weighted by molar-refractivity contribution is 0.587. The Morgan fingerprint density at radius 3 is 3.06 bits per heavy atom. The molecule has 16 heavy (non-hydrogen) atoms. The first-order valence-corrected chi connectivity index (χ1v) is 5.87. The van der Waals surface area contributed by atoms with E-state index >= 15 is 0 Å². The molecule has 0 amide bonds. The molecule has 1 aliphatic heterocycles. The molecule has 1 atom stereocenters. The molecule has 2 rings (SSSR count). The normalized spacial score (nSPS) is 18.9. The fraction of sp³-hybridized carbons (Fsp3) is 0.538. The minimum atomic E-state index is -0.118. The number of hydrogen-bond acceptors (Lipinski definition) is 2. The quantitative estimate of drug-likeness (QED) is 0.787. The average Bonchev–Trinajstić information content (AvgIpc) is 2.56. The van der Waals surface area contributed by atoms with E-state index in [9.17, 15) is 4.39 Å². The van der Waals surface area contributed by atoms with Gasteiger partial charge in [0.15, 0.2) is 0 Å². The van der Waals surface area contributed by atoms with Crippen LogP contribution in [0.4, 0.5) is 10.1 Å². The molecule has 0 radical (unpaired) electrons. The molecule has 1 aromatic rings. The van der Waals surface area contributed by atoms with Crippen LogP contribution in [-0.2, 0) is 0 Å². The second kappa shape index (κ2) is 4.83. The van der Waals surface area contributed by atoms with E-state index in [4.69, 9.17) is 0 Å². The highest BCUT2D eigenvalue weighted by molar-refractivity contribution is 5.59. The molecular weight excluding hydrogens is 203 g/mol. The van der Waals surface area contributed by atoms with Crippen LogP contribution in [0.15, 0.2) is 18.2 Å². The van der Waals surface area contributed by atoms with Crippen LogP contribution in [0.25, 0.3) is 0 Å². The monoisotopic (exact) mass is 222 g/mol. The summed E-state index contributed by atoms with van der Waals surface area (Å²) in [6.07, 6.45) is 2.27. The van der Waals surface area contributed by atoms with Crippen LogP contribution in [-0.4, -0.2) is 27.2 Å². The molecule has 0 aliphatic carbocycles. The van der Waals surface area contributed by atoms with Crippen molar-refractivity contribution in [1.29, 1.82) is 0 Å². The van der Waals surface area contributed by atoms with Gasteiger partial charge in [-0.05, 0) is 50.2 Å². The first-order valence-electron chi connectivity index (χ1n) is 5.87. The Kier molecular flexibility index (Phi) is 3.44. The fourth-order valence-corrected chi connectivity index (χ4v) is 2.50. The number of nitrogens with zero attached hydrogens (tertiary/aromatic N) is 1. The summed E-state index contributed by atoms with van der Waals surface area (Å²) >= 11 is 0. The van der Waals surface area contributed by atoms with Crippen molar-refractivity contribution >= 4 is 5.69 Å². The maximum atomic E-state index is 13.2. The second-order valence-electron chi connectivity index (χ2n) is 4.53. The van der Waals surface area contributed by atoms with Crippen molar-refractivity contribution in [3.63, 3.8) is 0 Å². The molecule has 1 aromatic carbocycles. The van der Waals surface area contributed by atoms with Crippen molar-refractivity contribution in [3.8, 4) is 0 Å². The van der Waals surface area contributed by atoms with Crippen molar-refractivity contribution in [2.45, 2.75) is 18.8 Å². The van der Waals surface area contributed by atoms with Crippen LogP contribution in [0.2, 0.25) is 0 Å². The predicted molar refractivity (Wildman–Crippen MR) is 65.6 cm³/mol. The van der Waals surface area contributed by atoms with Crippen LogP contribution < -0.4 is 10.2 Å². The summed E-state index contributed by atoms with van der Waals surface area (Å²) in [4.78, 5) is 2.22. The topological polar surface area (TPSA) is 15.3 Å². The lowest BCUT2D eigenvalue weighted by Gasteiger charge is -2.12. The predicted octanol–water partition coefficient (Wildman–Crippen LogP) is 2.36. The van der Waals surface area contributed by atoms with Crippen molar-refractivity contribution < 1.29 is 4.39 Å². The van der Waals surface area contributed by atoms with Crippen molar-refractivity contribution in [2.24, 2.45) is 0 Å². The van der Waals surface area contributed by atoms with E-state index < -0.39 is 0 Å². The van der Waals surface area contributed by atoms with Crippen molar-refractivity contribution in [1.82, 2.24) is 5.32 Å². The van der Waals surface area contributed by atoms with Gasteiger partial charge >= 0.3 is 0 Å². The third-order valence-corrected chi connectivity index (χ3v) is 3.31. The van der Waals surface area contributed by atoms with Crippen LogP contribution in [0.3, 0.4) is 0 Å². The Bertz CT molecular complexity index is 365. The lowest BCUT2D eigenvalue weighted by atomic mass is 9.96. The Hall–Kier alpha value is -1.09. The molecule has 0 aromatic heterocycles. The van der Waals surface area contributed by atoms with Gasteiger partial charge in [-0.1, -0.05) is 0 Å². The van der Waals surface area contributed by atoms with E-state index in [0.29, 0.717) is 5.92 Å². The number of halogens is 1. The molecule has 0 saturated carbocycles. The van der Waals surface area contributed by atoms with Crippen LogP contribution >= 0.6 is 0 Å². The molecule has 3 heteroatoms. The SMILES string of the molecule is CNCCCC1CN(C)c2ccc(F)cc21. The summed E-state index contributed by atoms with van der Waals surface area (Å²) in [6.45, 7) is 2.05. The van der Waals surface area contributed by atoms with Crippen molar-refractivity contribution in [2.75, 3.05) is 32.1 Å².